The van der Waals surface area contributed by atoms with Crippen LogP contribution in [0.2, 0.25) is 0 Å². The number of phenolic OH excluding ortho intramolecular Hbond substituents is 2. The van der Waals surface area contributed by atoms with Gasteiger partial charge in [0.1, 0.15) is 17.2 Å². The lowest BCUT2D eigenvalue weighted by Gasteiger charge is -2.11. The van der Waals surface area contributed by atoms with Gasteiger partial charge in [0.15, 0.2) is 0 Å². The molecule has 0 aliphatic carbocycles. The van der Waals surface area contributed by atoms with Crippen molar-refractivity contribution in [2.75, 3.05) is 5.43 Å². The molecule has 0 heterocycles. The molecule has 7 nitrogen and oxygen atoms in total. The van der Waals surface area contributed by atoms with Crippen LogP contribution >= 0.6 is 0 Å². The second-order valence-corrected chi connectivity index (χ2v) is 5.44. The van der Waals surface area contributed by atoms with Gasteiger partial charge < -0.3 is 10.2 Å². The third-order valence-electron chi connectivity index (χ3n) is 3.66. The second-order valence-electron chi connectivity index (χ2n) is 5.44. The number of para-hydroxylation sites is 1. The molecule has 0 atom stereocenters. The summed E-state index contributed by atoms with van der Waals surface area (Å²) in [4.78, 5) is 10.4. The SMILES string of the molecule is O=[N+]([O-])c1ccc(/C(=N/Nc2ccccc2)c2cc(O)ccc2O)cc1. The lowest BCUT2D eigenvalue weighted by molar-refractivity contribution is -0.384. The van der Waals surface area contributed by atoms with Crippen molar-refractivity contribution in [1.82, 2.24) is 0 Å². The smallest absolute Gasteiger partial charge is 0.269 e. The molecule has 0 spiro atoms. The number of phenols is 2. The maximum atomic E-state index is 10.9. The van der Waals surface area contributed by atoms with Crippen molar-refractivity contribution >= 4 is 17.1 Å². The number of aromatic hydroxyl groups is 2. The van der Waals surface area contributed by atoms with Gasteiger partial charge in [0.25, 0.3) is 5.69 Å². The fraction of sp³-hybridized carbons (Fsp3) is 0. The number of benzene rings is 3. The Kier molecular flexibility index (Phi) is 4.80. The summed E-state index contributed by atoms with van der Waals surface area (Å²) in [6.07, 6.45) is 0. The predicted molar refractivity (Wildman–Crippen MR) is 98.6 cm³/mol. The molecule has 0 saturated heterocycles. The maximum Gasteiger partial charge on any atom is 0.269 e. The molecule has 26 heavy (non-hydrogen) atoms. The lowest BCUT2D eigenvalue weighted by atomic mass is 10.0. The number of nitro benzene ring substituents is 1. The Labute approximate surface area is 149 Å². The van der Waals surface area contributed by atoms with Gasteiger partial charge in [-0.3, -0.25) is 15.5 Å². The summed E-state index contributed by atoms with van der Waals surface area (Å²) in [6.45, 7) is 0. The highest BCUT2D eigenvalue weighted by Gasteiger charge is 2.15. The van der Waals surface area contributed by atoms with Gasteiger partial charge in [0.05, 0.1) is 10.6 Å². The summed E-state index contributed by atoms with van der Waals surface area (Å²) >= 11 is 0. The van der Waals surface area contributed by atoms with Crippen molar-refractivity contribution in [3.05, 3.63) is 94.0 Å². The molecule has 0 fully saturated rings. The number of hydrazone groups is 1. The first-order valence-electron chi connectivity index (χ1n) is 7.70. The predicted octanol–water partition coefficient (Wildman–Crippen LogP) is 3.87. The average Bonchev–Trinajstić information content (AvgIpc) is 2.66. The molecule has 3 N–H and O–H groups in total. The van der Waals surface area contributed by atoms with Gasteiger partial charge in [-0.25, -0.2) is 0 Å². The Balaban J connectivity index is 2.06. The van der Waals surface area contributed by atoms with E-state index in [9.17, 15) is 20.3 Å². The molecule has 7 heteroatoms. The molecular weight excluding hydrogens is 334 g/mol. The van der Waals surface area contributed by atoms with Gasteiger partial charge in [-0.2, -0.15) is 5.10 Å². The normalized spacial score (nSPS) is 11.2. The maximum absolute atomic E-state index is 10.9. The van der Waals surface area contributed by atoms with Crippen LogP contribution in [0.15, 0.2) is 77.9 Å². The Hall–Kier alpha value is -3.87. The molecule has 0 unspecified atom stereocenters. The zero-order valence-electron chi connectivity index (χ0n) is 13.5. The third kappa shape index (κ3) is 3.78. The van der Waals surface area contributed by atoms with E-state index in [4.69, 9.17) is 0 Å². The van der Waals surface area contributed by atoms with Crippen molar-refractivity contribution < 1.29 is 15.1 Å². The van der Waals surface area contributed by atoms with Crippen molar-refractivity contribution in [2.45, 2.75) is 0 Å². The van der Waals surface area contributed by atoms with E-state index in [0.29, 0.717) is 16.8 Å². The summed E-state index contributed by atoms with van der Waals surface area (Å²) in [5.74, 6) is -0.109. The molecule has 3 aromatic carbocycles. The number of non-ortho nitro benzene ring substituents is 1. The van der Waals surface area contributed by atoms with Crippen LogP contribution < -0.4 is 5.43 Å². The number of nitro groups is 1. The zero-order valence-corrected chi connectivity index (χ0v) is 13.5. The molecular formula is C19H15N3O4. The van der Waals surface area contributed by atoms with Gasteiger partial charge in [0.2, 0.25) is 0 Å². The fourth-order valence-corrected chi connectivity index (χ4v) is 2.37. The van der Waals surface area contributed by atoms with Crippen LogP contribution in [0.1, 0.15) is 11.1 Å². The summed E-state index contributed by atoms with van der Waals surface area (Å²) in [7, 11) is 0. The second kappa shape index (κ2) is 7.35. The van der Waals surface area contributed by atoms with Gasteiger partial charge in [0, 0.05) is 23.3 Å². The molecule has 0 radical (unpaired) electrons. The summed E-state index contributed by atoms with van der Waals surface area (Å²) < 4.78 is 0. The van der Waals surface area contributed by atoms with E-state index in [1.807, 2.05) is 30.3 Å². The average molecular weight is 349 g/mol. The largest absolute Gasteiger partial charge is 0.508 e. The van der Waals surface area contributed by atoms with Crippen LogP contribution in [0.4, 0.5) is 11.4 Å². The number of rotatable bonds is 5. The first kappa shape index (κ1) is 17.0. The zero-order chi connectivity index (χ0) is 18.5. The molecule has 130 valence electrons. The van der Waals surface area contributed by atoms with Crippen LogP contribution in [0.5, 0.6) is 11.5 Å². The monoisotopic (exact) mass is 349 g/mol. The molecule has 0 aliphatic rings. The van der Waals surface area contributed by atoms with E-state index in [1.54, 1.807) is 0 Å². The summed E-state index contributed by atoms with van der Waals surface area (Å²) in [6, 6.07) is 19.1. The molecule has 0 aliphatic heterocycles. The van der Waals surface area contributed by atoms with E-state index in [1.165, 1.54) is 42.5 Å². The highest BCUT2D eigenvalue weighted by Crippen LogP contribution is 2.26. The van der Waals surface area contributed by atoms with E-state index in [2.05, 4.69) is 10.5 Å². The van der Waals surface area contributed by atoms with Crippen molar-refractivity contribution in [1.29, 1.82) is 0 Å². The van der Waals surface area contributed by atoms with E-state index >= 15 is 0 Å². The van der Waals surface area contributed by atoms with Crippen LogP contribution in [0, 0.1) is 10.1 Å². The number of nitrogens with zero attached hydrogens (tertiary/aromatic N) is 2. The number of nitrogens with one attached hydrogen (secondary N) is 1. The lowest BCUT2D eigenvalue weighted by Crippen LogP contribution is -2.07. The molecule has 0 saturated carbocycles. The van der Waals surface area contributed by atoms with E-state index in [0.717, 1.165) is 5.69 Å². The minimum Gasteiger partial charge on any atom is -0.508 e. The highest BCUT2D eigenvalue weighted by molar-refractivity contribution is 6.15. The molecule has 3 rings (SSSR count). The Bertz CT molecular complexity index is 954. The van der Waals surface area contributed by atoms with Gasteiger partial charge >= 0.3 is 0 Å². The van der Waals surface area contributed by atoms with Gasteiger partial charge in [-0.15, -0.1) is 0 Å². The first-order chi connectivity index (χ1) is 12.5. The fourth-order valence-electron chi connectivity index (χ4n) is 2.37. The molecule has 0 amide bonds. The van der Waals surface area contributed by atoms with Crippen LogP contribution in [0.25, 0.3) is 0 Å². The summed E-state index contributed by atoms with van der Waals surface area (Å²) in [5, 5.41) is 35.1. The van der Waals surface area contributed by atoms with Crippen molar-refractivity contribution in [2.24, 2.45) is 5.10 Å². The molecule has 0 aromatic heterocycles. The number of anilines is 1. The third-order valence-corrected chi connectivity index (χ3v) is 3.66. The standard InChI is InChI=1S/C19H15N3O4/c23-16-10-11-18(24)17(12-16)19(21-20-14-4-2-1-3-5-14)13-6-8-15(9-7-13)22(25)26/h1-12,20,23-24H/b21-19-. The minimum atomic E-state index is -0.491. The van der Waals surface area contributed by atoms with Crippen molar-refractivity contribution in [3.8, 4) is 11.5 Å². The quantitative estimate of drug-likeness (QED) is 0.280. The molecule has 0 bridgehead atoms. The molecule has 3 aromatic rings. The number of hydrogen-bond donors (Lipinski definition) is 3. The van der Waals surface area contributed by atoms with Crippen LogP contribution in [-0.2, 0) is 0 Å². The van der Waals surface area contributed by atoms with Gasteiger partial charge in [-0.05, 0) is 42.5 Å². The van der Waals surface area contributed by atoms with Crippen molar-refractivity contribution in [3.63, 3.8) is 0 Å². The van der Waals surface area contributed by atoms with Crippen LogP contribution in [0.3, 0.4) is 0 Å². The topological polar surface area (TPSA) is 108 Å². The summed E-state index contributed by atoms with van der Waals surface area (Å²) in [5.41, 5.74) is 4.73. The van der Waals surface area contributed by atoms with Crippen LogP contribution in [-0.4, -0.2) is 20.8 Å². The Morgan fingerprint density at radius 3 is 2.31 bits per heavy atom. The Morgan fingerprint density at radius 1 is 0.962 bits per heavy atom. The highest BCUT2D eigenvalue weighted by atomic mass is 16.6. The number of hydrogen-bond acceptors (Lipinski definition) is 6. The Morgan fingerprint density at radius 2 is 1.65 bits per heavy atom. The minimum absolute atomic E-state index is 0.0351. The first-order valence-corrected chi connectivity index (χ1v) is 7.70. The van der Waals surface area contributed by atoms with E-state index in [-0.39, 0.29) is 17.2 Å². The van der Waals surface area contributed by atoms with E-state index < -0.39 is 4.92 Å². The van der Waals surface area contributed by atoms with Gasteiger partial charge in [-0.1, -0.05) is 18.2 Å².